The largest absolute Gasteiger partial charge is 0.492 e. The molecule has 2 N–H and O–H groups in total. The third kappa shape index (κ3) is 2.61. The molecule has 1 aromatic carbocycles. The van der Waals surface area contributed by atoms with Crippen molar-refractivity contribution >= 4 is 12.2 Å². The lowest BCUT2D eigenvalue weighted by molar-refractivity contribution is 0.452. The van der Waals surface area contributed by atoms with Crippen molar-refractivity contribution in [2.45, 2.75) is 32.6 Å². The van der Waals surface area contributed by atoms with E-state index in [-0.39, 0.29) is 5.88 Å². The van der Waals surface area contributed by atoms with Crippen molar-refractivity contribution in [3.05, 3.63) is 52.1 Å². The van der Waals surface area contributed by atoms with Crippen LogP contribution in [0.5, 0.6) is 5.88 Å². The van der Waals surface area contributed by atoms with Crippen molar-refractivity contribution < 1.29 is 5.11 Å². The van der Waals surface area contributed by atoms with Crippen LogP contribution in [-0.4, -0.2) is 15.1 Å². The van der Waals surface area contributed by atoms with E-state index in [4.69, 9.17) is 0 Å². The molecule has 3 rings (SSSR count). The fraction of sp³-hybridized carbons (Fsp3) is 0.294. The summed E-state index contributed by atoms with van der Waals surface area (Å²) >= 11 is 0. The lowest BCUT2D eigenvalue weighted by atomic mass is 10.0. The van der Waals surface area contributed by atoms with E-state index in [0.29, 0.717) is 11.6 Å². The number of aromatic hydroxyl groups is 1. The molecule has 1 aliphatic heterocycles. The molecule has 0 saturated carbocycles. The summed E-state index contributed by atoms with van der Waals surface area (Å²) in [6.45, 7) is 4.26. The molecule has 0 aliphatic carbocycles. The molecule has 4 nitrogen and oxygen atoms in total. The Balaban J connectivity index is 2.00. The van der Waals surface area contributed by atoms with Crippen molar-refractivity contribution in [1.29, 1.82) is 0 Å². The third-order valence-electron chi connectivity index (χ3n) is 3.93. The number of imidazole rings is 1. The van der Waals surface area contributed by atoms with E-state index >= 15 is 0 Å². The van der Waals surface area contributed by atoms with Crippen LogP contribution in [0.3, 0.4) is 0 Å². The van der Waals surface area contributed by atoms with Crippen LogP contribution in [0.25, 0.3) is 12.2 Å². The number of hydrogen-bond donors (Lipinski definition) is 2. The number of nitrogens with zero attached hydrogens (tertiary/aromatic N) is 2. The molecule has 0 spiro atoms. The smallest absolute Gasteiger partial charge is 0.237 e. The first-order valence-corrected chi connectivity index (χ1v) is 7.36. The summed E-state index contributed by atoms with van der Waals surface area (Å²) in [7, 11) is 0. The summed E-state index contributed by atoms with van der Waals surface area (Å²) in [5.41, 5.74) is 1.76. The number of aromatic amines is 1. The van der Waals surface area contributed by atoms with Gasteiger partial charge in [0.1, 0.15) is 11.5 Å². The van der Waals surface area contributed by atoms with Gasteiger partial charge >= 0.3 is 0 Å². The van der Waals surface area contributed by atoms with Crippen molar-refractivity contribution in [1.82, 2.24) is 9.97 Å². The second-order valence-electron chi connectivity index (χ2n) is 5.28. The molecule has 0 amide bonds. The summed E-state index contributed by atoms with van der Waals surface area (Å²) < 4.78 is 0. The van der Waals surface area contributed by atoms with Crippen molar-refractivity contribution in [3.63, 3.8) is 0 Å². The predicted octanol–water partition coefficient (Wildman–Crippen LogP) is 2.45. The minimum Gasteiger partial charge on any atom is -0.492 e. The molecule has 1 aliphatic rings. The number of fused-ring (bicyclic) bond motifs is 1. The van der Waals surface area contributed by atoms with Crippen LogP contribution >= 0.6 is 0 Å². The molecule has 4 heteroatoms. The molecule has 0 radical (unpaired) electrons. The fourth-order valence-corrected chi connectivity index (χ4v) is 2.64. The van der Waals surface area contributed by atoms with Crippen molar-refractivity contribution in [2.24, 2.45) is 4.99 Å². The maximum atomic E-state index is 10.0. The highest BCUT2D eigenvalue weighted by Crippen LogP contribution is 2.24. The van der Waals surface area contributed by atoms with E-state index in [2.05, 4.69) is 34.9 Å². The molecule has 21 heavy (non-hydrogen) atoms. The lowest BCUT2D eigenvalue weighted by Crippen LogP contribution is -2.10. The lowest BCUT2D eigenvalue weighted by Gasteiger charge is -2.07. The van der Waals surface area contributed by atoms with Gasteiger partial charge in [-0.25, -0.2) is 0 Å². The zero-order valence-corrected chi connectivity index (χ0v) is 12.3. The molecule has 0 saturated heterocycles. The van der Waals surface area contributed by atoms with Crippen LogP contribution in [0.15, 0.2) is 29.4 Å². The van der Waals surface area contributed by atoms with E-state index in [9.17, 15) is 5.11 Å². The summed E-state index contributed by atoms with van der Waals surface area (Å²) in [4.78, 5) is 11.7. The van der Waals surface area contributed by atoms with E-state index in [0.717, 1.165) is 34.8 Å². The van der Waals surface area contributed by atoms with Crippen molar-refractivity contribution in [3.8, 4) is 5.88 Å². The van der Waals surface area contributed by atoms with Gasteiger partial charge in [-0.05, 0) is 42.3 Å². The SMILES string of the molecule is CCC(CC)c1nc(O)c(C=c2ccc3c(c2)C=CN=3)[nH]1. The summed E-state index contributed by atoms with van der Waals surface area (Å²) in [5, 5.41) is 12.0. The van der Waals surface area contributed by atoms with E-state index in [1.807, 2.05) is 24.3 Å². The first kappa shape index (κ1) is 13.6. The Labute approximate surface area is 123 Å². The average Bonchev–Trinajstić information content (AvgIpc) is 3.07. The Bertz CT molecular complexity index is 798. The van der Waals surface area contributed by atoms with Crippen LogP contribution in [-0.2, 0) is 0 Å². The van der Waals surface area contributed by atoms with E-state index in [1.54, 1.807) is 6.20 Å². The topological polar surface area (TPSA) is 61.3 Å². The second-order valence-corrected chi connectivity index (χ2v) is 5.28. The maximum absolute atomic E-state index is 10.0. The Hall–Kier alpha value is -2.36. The van der Waals surface area contributed by atoms with Gasteiger partial charge in [-0.2, -0.15) is 4.98 Å². The quantitative estimate of drug-likeness (QED) is 0.904. The number of aromatic nitrogens is 2. The van der Waals surface area contributed by atoms with E-state index in [1.165, 1.54) is 0 Å². The molecule has 0 unspecified atom stereocenters. The van der Waals surface area contributed by atoms with E-state index < -0.39 is 0 Å². The van der Waals surface area contributed by atoms with Gasteiger partial charge in [0.15, 0.2) is 0 Å². The number of rotatable bonds is 4. The molecular weight excluding hydrogens is 262 g/mol. The van der Waals surface area contributed by atoms with Gasteiger partial charge in [0, 0.05) is 17.7 Å². The van der Waals surface area contributed by atoms with Crippen LogP contribution in [0, 0.1) is 0 Å². The molecule has 0 atom stereocenters. The Morgan fingerprint density at radius 1 is 1.29 bits per heavy atom. The molecule has 2 heterocycles. The number of hydrogen-bond acceptors (Lipinski definition) is 3. The van der Waals surface area contributed by atoms with Gasteiger partial charge in [0.2, 0.25) is 5.88 Å². The highest BCUT2D eigenvalue weighted by molar-refractivity contribution is 5.56. The van der Waals surface area contributed by atoms with Crippen LogP contribution in [0.2, 0.25) is 0 Å². The zero-order valence-electron chi connectivity index (χ0n) is 12.3. The maximum Gasteiger partial charge on any atom is 0.237 e. The van der Waals surface area contributed by atoms with Gasteiger partial charge in [-0.3, -0.25) is 4.99 Å². The minimum atomic E-state index is 0.0672. The summed E-state index contributed by atoms with van der Waals surface area (Å²) in [6, 6.07) is 6.03. The monoisotopic (exact) mass is 281 g/mol. The highest BCUT2D eigenvalue weighted by Gasteiger charge is 2.14. The normalized spacial score (nSPS) is 13.8. The average molecular weight is 281 g/mol. The third-order valence-corrected chi connectivity index (χ3v) is 3.93. The standard InChI is InChI=1S/C17H19N3O/c1-3-12(4-2)16-19-15(17(21)20-16)10-11-5-6-14-13(9-11)7-8-18-14/h5-10,12,21H,3-4H2,1-2H3,(H,19,20). The van der Waals surface area contributed by atoms with Gasteiger partial charge in [-0.1, -0.05) is 19.9 Å². The van der Waals surface area contributed by atoms with Gasteiger partial charge in [-0.15, -0.1) is 0 Å². The summed E-state index contributed by atoms with van der Waals surface area (Å²) in [6.07, 6.45) is 7.71. The molecule has 2 aromatic rings. The van der Waals surface area contributed by atoms with Crippen LogP contribution in [0.4, 0.5) is 0 Å². The first-order chi connectivity index (χ1) is 10.2. The molecular formula is C17H19N3O. The van der Waals surface area contributed by atoms with Gasteiger partial charge in [0.25, 0.3) is 0 Å². The Morgan fingerprint density at radius 2 is 2.10 bits per heavy atom. The molecule has 108 valence electrons. The second kappa shape index (κ2) is 5.56. The number of H-pyrrole nitrogens is 1. The fourth-order valence-electron chi connectivity index (χ4n) is 2.64. The van der Waals surface area contributed by atoms with Crippen molar-refractivity contribution in [2.75, 3.05) is 0 Å². The molecule has 0 fully saturated rings. The zero-order chi connectivity index (χ0) is 14.8. The minimum absolute atomic E-state index is 0.0672. The predicted molar refractivity (Wildman–Crippen MR) is 83.4 cm³/mol. The summed E-state index contributed by atoms with van der Waals surface area (Å²) in [5.74, 6) is 1.29. The van der Waals surface area contributed by atoms with Crippen LogP contribution in [0.1, 0.15) is 49.7 Å². The molecule has 1 aromatic heterocycles. The highest BCUT2D eigenvalue weighted by atomic mass is 16.3. The van der Waals surface area contributed by atoms with Crippen LogP contribution < -0.4 is 10.6 Å². The van der Waals surface area contributed by atoms with Gasteiger partial charge in [0.05, 0.1) is 5.36 Å². The number of nitrogens with one attached hydrogen (secondary N) is 1. The Kier molecular flexibility index (Phi) is 3.60. The first-order valence-electron chi connectivity index (χ1n) is 7.36. The van der Waals surface area contributed by atoms with Gasteiger partial charge < -0.3 is 10.1 Å². The molecule has 0 bridgehead atoms. The Morgan fingerprint density at radius 3 is 2.86 bits per heavy atom. The number of benzene rings is 1.